The van der Waals surface area contributed by atoms with Crippen molar-refractivity contribution in [2.45, 2.75) is 36.7 Å². The summed E-state index contributed by atoms with van der Waals surface area (Å²) < 4.78 is 43.2. The molecule has 0 aliphatic carbocycles. The fourth-order valence-electron chi connectivity index (χ4n) is 6.23. The molecule has 3 heterocycles. The third-order valence-corrected chi connectivity index (χ3v) is 10.8. The van der Waals surface area contributed by atoms with Crippen LogP contribution in [0.25, 0.3) is 17.2 Å². The Labute approximate surface area is 272 Å². The Bertz CT molecular complexity index is 1630. The van der Waals surface area contributed by atoms with Crippen LogP contribution in [0.3, 0.4) is 0 Å². The number of nitrogens with one attached hydrogen (secondary N) is 1. The number of nitrogens with zero attached hydrogens (tertiary/aromatic N) is 2. The maximum Gasteiger partial charge on any atom is 0.251 e. The molecule has 0 bridgehead atoms. The number of fused-ring (bicyclic) bond motifs is 1. The molecule has 0 saturated carbocycles. The zero-order chi connectivity index (χ0) is 31.9. The van der Waals surface area contributed by atoms with Crippen molar-refractivity contribution in [2.24, 2.45) is 0 Å². The van der Waals surface area contributed by atoms with Crippen LogP contribution in [-0.2, 0) is 30.7 Å². The fraction of sp³-hybridized carbons (Fsp3) is 0.417. The van der Waals surface area contributed by atoms with E-state index in [-0.39, 0.29) is 23.0 Å². The fourth-order valence-corrected chi connectivity index (χ4v) is 7.69. The van der Waals surface area contributed by atoms with Gasteiger partial charge in [-0.3, -0.25) is 14.6 Å². The summed E-state index contributed by atoms with van der Waals surface area (Å²) in [5, 5.41) is 2.98. The Morgan fingerprint density at radius 1 is 0.935 bits per heavy atom. The highest BCUT2D eigenvalue weighted by molar-refractivity contribution is 7.91. The molecule has 0 unspecified atom stereocenters. The van der Waals surface area contributed by atoms with Crippen molar-refractivity contribution in [2.75, 3.05) is 70.8 Å². The Morgan fingerprint density at radius 3 is 2.37 bits per heavy atom. The molecule has 3 aliphatic heterocycles. The van der Waals surface area contributed by atoms with Gasteiger partial charge in [-0.25, -0.2) is 8.42 Å². The molecule has 3 aromatic carbocycles. The van der Waals surface area contributed by atoms with Gasteiger partial charge in [-0.15, -0.1) is 0 Å². The highest BCUT2D eigenvalue weighted by Crippen LogP contribution is 2.32. The van der Waals surface area contributed by atoms with Gasteiger partial charge in [0.15, 0.2) is 9.84 Å². The Kier molecular flexibility index (Phi) is 10.5. The molecule has 1 amide bonds. The van der Waals surface area contributed by atoms with Gasteiger partial charge >= 0.3 is 0 Å². The Morgan fingerprint density at radius 2 is 1.63 bits per heavy atom. The van der Waals surface area contributed by atoms with E-state index in [2.05, 4.69) is 22.2 Å². The monoisotopic (exact) mass is 645 g/mol. The number of sulfone groups is 1. The first kappa shape index (κ1) is 32.4. The second-order valence-corrected chi connectivity index (χ2v) is 14.3. The van der Waals surface area contributed by atoms with E-state index in [4.69, 9.17) is 14.2 Å². The lowest BCUT2D eigenvalue weighted by Crippen LogP contribution is -2.38. The minimum atomic E-state index is -3.55. The molecule has 2 saturated heterocycles. The lowest BCUT2D eigenvalue weighted by molar-refractivity contribution is -0.112. The molecular weight excluding hydrogens is 602 g/mol. The molecule has 1 N–H and O–H groups in total. The predicted molar refractivity (Wildman–Crippen MR) is 180 cm³/mol. The quantitative estimate of drug-likeness (QED) is 0.334. The van der Waals surface area contributed by atoms with Crippen LogP contribution < -0.4 is 10.1 Å². The van der Waals surface area contributed by atoms with E-state index in [0.717, 1.165) is 82.3 Å². The zero-order valence-electron chi connectivity index (χ0n) is 26.5. The van der Waals surface area contributed by atoms with Crippen LogP contribution in [0.1, 0.15) is 30.4 Å². The van der Waals surface area contributed by atoms with Gasteiger partial charge in [0.2, 0.25) is 0 Å². The van der Waals surface area contributed by atoms with Gasteiger partial charge in [0.05, 0.1) is 23.9 Å². The average Bonchev–Trinajstić information content (AvgIpc) is 3.22. The highest BCUT2D eigenvalue weighted by atomic mass is 32.2. The van der Waals surface area contributed by atoms with Gasteiger partial charge in [-0.2, -0.15) is 0 Å². The molecule has 0 spiro atoms. The SMILES string of the molecule is CN(Cc1ccc(NC(=O)C2=Cc3cc(-c4ccc(OCCN5CCOCC5)cc4)ccc3S(=O)(=O)CC2)cc1)C1CCOCC1. The predicted octanol–water partition coefficient (Wildman–Crippen LogP) is 4.87. The van der Waals surface area contributed by atoms with E-state index in [0.29, 0.717) is 29.5 Å². The maximum absolute atomic E-state index is 13.4. The summed E-state index contributed by atoms with van der Waals surface area (Å²) in [6, 6.07) is 21.5. The van der Waals surface area contributed by atoms with Crippen LogP contribution in [0.5, 0.6) is 5.75 Å². The highest BCUT2D eigenvalue weighted by Gasteiger charge is 2.25. The van der Waals surface area contributed by atoms with E-state index in [9.17, 15) is 13.2 Å². The first-order valence-corrected chi connectivity index (χ1v) is 17.8. The standard InChI is InChI=1S/C36H43N3O6S/c1-38(33-12-18-43-19-13-33)26-27-2-7-32(8-3-27)37-36(40)30-14-23-46(41,42)35-11-6-29(24-31(35)25-30)28-4-9-34(10-5-28)45-22-17-39-15-20-44-21-16-39/h2-11,24-25,33H,12-23,26H2,1H3,(H,37,40). The van der Waals surface area contributed by atoms with Gasteiger partial charge in [0, 0.05) is 56.7 Å². The van der Waals surface area contributed by atoms with Crippen molar-refractivity contribution >= 4 is 27.5 Å². The summed E-state index contributed by atoms with van der Waals surface area (Å²) >= 11 is 0. The number of anilines is 1. The van der Waals surface area contributed by atoms with E-state index in [1.807, 2.05) is 60.7 Å². The third kappa shape index (κ3) is 8.24. The molecule has 2 fully saturated rings. The number of rotatable bonds is 10. The van der Waals surface area contributed by atoms with Crippen LogP contribution in [0.4, 0.5) is 5.69 Å². The first-order valence-electron chi connectivity index (χ1n) is 16.1. The largest absolute Gasteiger partial charge is 0.492 e. The van der Waals surface area contributed by atoms with Crippen LogP contribution in [0, 0.1) is 0 Å². The Hall–Kier alpha value is -3.54. The number of benzene rings is 3. The van der Waals surface area contributed by atoms with Crippen molar-refractivity contribution in [1.82, 2.24) is 9.80 Å². The van der Waals surface area contributed by atoms with E-state index >= 15 is 0 Å². The molecule has 0 radical (unpaired) electrons. The van der Waals surface area contributed by atoms with Crippen molar-refractivity contribution in [3.63, 3.8) is 0 Å². The van der Waals surface area contributed by atoms with Crippen molar-refractivity contribution in [1.29, 1.82) is 0 Å². The third-order valence-electron chi connectivity index (χ3n) is 9.03. The second kappa shape index (κ2) is 14.9. The number of hydrogen-bond donors (Lipinski definition) is 1. The molecule has 46 heavy (non-hydrogen) atoms. The smallest absolute Gasteiger partial charge is 0.251 e. The topological polar surface area (TPSA) is 97.4 Å². The van der Waals surface area contributed by atoms with E-state index in [1.165, 1.54) is 5.56 Å². The van der Waals surface area contributed by atoms with Crippen LogP contribution in [0.15, 0.2) is 77.2 Å². The van der Waals surface area contributed by atoms with Crippen LogP contribution in [-0.4, -0.2) is 95.6 Å². The summed E-state index contributed by atoms with van der Waals surface area (Å²) in [6.07, 6.45) is 3.94. The van der Waals surface area contributed by atoms with Gasteiger partial charge in [0.25, 0.3) is 5.91 Å². The number of amides is 1. The zero-order valence-corrected chi connectivity index (χ0v) is 27.3. The van der Waals surface area contributed by atoms with Crippen LogP contribution in [0.2, 0.25) is 0 Å². The maximum atomic E-state index is 13.4. The summed E-state index contributed by atoms with van der Waals surface area (Å²) in [4.78, 5) is 18.3. The van der Waals surface area contributed by atoms with Crippen LogP contribution >= 0.6 is 0 Å². The van der Waals surface area contributed by atoms with Crippen molar-refractivity contribution in [3.05, 3.63) is 83.4 Å². The molecule has 6 rings (SSSR count). The molecule has 0 atom stereocenters. The van der Waals surface area contributed by atoms with Gasteiger partial charge in [-0.05, 0) is 91.0 Å². The minimum absolute atomic E-state index is 0.118. The van der Waals surface area contributed by atoms with Gasteiger partial charge < -0.3 is 19.5 Å². The molecule has 3 aromatic rings. The summed E-state index contributed by atoms with van der Waals surface area (Å²) in [5.41, 5.74) is 4.61. The lowest BCUT2D eigenvalue weighted by atomic mass is 10.0. The second-order valence-electron chi connectivity index (χ2n) is 12.2. The molecular formula is C36H43N3O6S. The van der Waals surface area contributed by atoms with Gasteiger partial charge in [0.1, 0.15) is 12.4 Å². The molecule has 9 nitrogen and oxygen atoms in total. The van der Waals surface area contributed by atoms with Crippen molar-refractivity contribution in [3.8, 4) is 16.9 Å². The number of morpholine rings is 1. The van der Waals surface area contributed by atoms with E-state index < -0.39 is 9.84 Å². The summed E-state index contributed by atoms with van der Waals surface area (Å²) in [5.74, 6) is 0.374. The van der Waals surface area contributed by atoms with Gasteiger partial charge in [-0.1, -0.05) is 30.3 Å². The summed E-state index contributed by atoms with van der Waals surface area (Å²) in [7, 11) is -1.41. The molecule has 3 aliphatic rings. The van der Waals surface area contributed by atoms with Crippen molar-refractivity contribution < 1.29 is 27.4 Å². The first-order chi connectivity index (χ1) is 22.3. The average molecular weight is 646 g/mol. The molecule has 0 aromatic heterocycles. The number of carbonyl (C=O) groups is 1. The molecule has 10 heteroatoms. The lowest BCUT2D eigenvalue weighted by Gasteiger charge is -2.31. The number of hydrogen-bond acceptors (Lipinski definition) is 8. The number of carbonyl (C=O) groups excluding carboxylic acids is 1. The summed E-state index contributed by atoms with van der Waals surface area (Å²) in [6.45, 7) is 7.28. The molecule has 244 valence electrons. The number of ether oxygens (including phenoxy) is 3. The minimum Gasteiger partial charge on any atom is -0.492 e. The van der Waals surface area contributed by atoms with E-state index in [1.54, 1.807) is 12.1 Å². The normalized spacial score (nSPS) is 18.8. The Balaban J connectivity index is 1.11.